The van der Waals surface area contributed by atoms with E-state index < -0.39 is 11.7 Å². The smallest absolute Gasteiger partial charge is 0.342 e. The zero-order valence-corrected chi connectivity index (χ0v) is 13.9. The minimum atomic E-state index is -4.35. The van der Waals surface area contributed by atoms with Crippen molar-refractivity contribution in [3.63, 3.8) is 0 Å². The Labute approximate surface area is 149 Å². The minimum absolute atomic E-state index is 0.572. The SMILES string of the molecule is FC(F)(F)c1cccc(-c2cn(Cc3ccccc3)c3ccccc23)c1. The summed E-state index contributed by atoms with van der Waals surface area (Å²) in [5, 5.41) is 0.947. The molecule has 0 N–H and O–H groups in total. The standard InChI is InChI=1S/C22H16F3N/c23-22(24,25)18-10-6-9-17(13-18)20-15-26(14-16-7-2-1-3-8-16)21-12-5-4-11-19(20)21/h1-13,15H,14H2. The van der Waals surface area contributed by atoms with Crippen LogP contribution in [0.2, 0.25) is 0 Å². The molecule has 1 nitrogen and oxygen atoms in total. The maximum Gasteiger partial charge on any atom is 0.416 e. The first-order chi connectivity index (χ1) is 12.5. The van der Waals surface area contributed by atoms with Crippen molar-refractivity contribution in [3.8, 4) is 11.1 Å². The Balaban J connectivity index is 1.84. The molecule has 0 bridgehead atoms. The molecule has 1 aromatic heterocycles. The Hall–Kier alpha value is -3.01. The molecular weight excluding hydrogens is 335 g/mol. The van der Waals surface area contributed by atoms with E-state index in [1.54, 1.807) is 6.07 Å². The van der Waals surface area contributed by atoms with Gasteiger partial charge >= 0.3 is 6.18 Å². The van der Waals surface area contributed by atoms with Crippen LogP contribution in [0.4, 0.5) is 13.2 Å². The van der Waals surface area contributed by atoms with Gasteiger partial charge in [-0.1, -0.05) is 60.7 Å². The molecule has 0 fully saturated rings. The van der Waals surface area contributed by atoms with Gasteiger partial charge in [0.15, 0.2) is 0 Å². The van der Waals surface area contributed by atoms with Crippen molar-refractivity contribution in [1.82, 2.24) is 4.57 Å². The van der Waals surface area contributed by atoms with Crippen molar-refractivity contribution in [3.05, 3.63) is 96.2 Å². The van der Waals surface area contributed by atoms with Crippen molar-refractivity contribution < 1.29 is 13.2 Å². The number of para-hydroxylation sites is 1. The molecule has 0 radical (unpaired) electrons. The summed E-state index contributed by atoms with van der Waals surface area (Å²) in [6, 6.07) is 23.3. The molecule has 130 valence electrons. The molecule has 0 aliphatic carbocycles. The highest BCUT2D eigenvalue weighted by molar-refractivity contribution is 5.96. The van der Waals surface area contributed by atoms with Gasteiger partial charge in [0.1, 0.15) is 0 Å². The summed E-state index contributed by atoms with van der Waals surface area (Å²) in [6.45, 7) is 0.667. The van der Waals surface area contributed by atoms with Crippen LogP contribution >= 0.6 is 0 Å². The average molecular weight is 351 g/mol. The van der Waals surface area contributed by atoms with Gasteiger partial charge in [-0.2, -0.15) is 13.2 Å². The normalized spacial score (nSPS) is 11.8. The number of hydrogen-bond acceptors (Lipinski definition) is 0. The van der Waals surface area contributed by atoms with E-state index in [9.17, 15) is 13.2 Å². The zero-order valence-electron chi connectivity index (χ0n) is 13.9. The fourth-order valence-corrected chi connectivity index (χ4v) is 3.25. The lowest BCUT2D eigenvalue weighted by atomic mass is 10.0. The molecule has 0 spiro atoms. The lowest BCUT2D eigenvalue weighted by Crippen LogP contribution is -2.04. The maximum absolute atomic E-state index is 13.1. The number of fused-ring (bicyclic) bond motifs is 1. The highest BCUT2D eigenvalue weighted by Gasteiger charge is 2.30. The molecule has 4 aromatic rings. The Morgan fingerprint density at radius 1 is 0.769 bits per heavy atom. The van der Waals surface area contributed by atoms with Gasteiger partial charge in [0, 0.05) is 29.2 Å². The molecule has 0 saturated carbocycles. The van der Waals surface area contributed by atoms with E-state index >= 15 is 0 Å². The van der Waals surface area contributed by atoms with Crippen molar-refractivity contribution in [2.75, 3.05) is 0 Å². The molecule has 4 heteroatoms. The molecule has 3 aromatic carbocycles. The number of rotatable bonds is 3. The second-order valence-electron chi connectivity index (χ2n) is 6.25. The van der Waals surface area contributed by atoms with Crippen LogP contribution in [-0.2, 0) is 12.7 Å². The summed E-state index contributed by atoms with van der Waals surface area (Å²) < 4.78 is 41.3. The van der Waals surface area contributed by atoms with E-state index in [4.69, 9.17) is 0 Å². The Morgan fingerprint density at radius 3 is 2.27 bits per heavy atom. The topological polar surface area (TPSA) is 4.93 Å². The molecular formula is C22H16F3N. The molecule has 0 unspecified atom stereocenters. The largest absolute Gasteiger partial charge is 0.416 e. The Bertz CT molecular complexity index is 1050. The molecule has 0 saturated heterocycles. The van der Waals surface area contributed by atoms with E-state index in [2.05, 4.69) is 4.57 Å². The van der Waals surface area contributed by atoms with E-state index in [1.165, 1.54) is 12.1 Å². The average Bonchev–Trinajstić information content (AvgIpc) is 3.01. The first-order valence-corrected chi connectivity index (χ1v) is 8.32. The molecule has 0 amide bonds. The summed E-state index contributed by atoms with van der Waals surface area (Å²) in [4.78, 5) is 0. The van der Waals surface area contributed by atoms with Gasteiger partial charge in [-0.3, -0.25) is 0 Å². The second kappa shape index (κ2) is 6.37. The fraction of sp³-hybridized carbons (Fsp3) is 0.0909. The van der Waals surface area contributed by atoms with Gasteiger partial charge in [0.05, 0.1) is 5.56 Å². The Morgan fingerprint density at radius 2 is 1.50 bits per heavy atom. The number of halogens is 3. The highest BCUT2D eigenvalue weighted by Crippen LogP contribution is 2.35. The van der Waals surface area contributed by atoms with Gasteiger partial charge in [-0.15, -0.1) is 0 Å². The third kappa shape index (κ3) is 3.10. The van der Waals surface area contributed by atoms with E-state index in [1.807, 2.05) is 60.8 Å². The van der Waals surface area contributed by atoms with Gasteiger partial charge in [0.2, 0.25) is 0 Å². The van der Waals surface area contributed by atoms with E-state index in [0.717, 1.165) is 28.1 Å². The Kier molecular flexibility index (Phi) is 4.03. The molecule has 0 atom stereocenters. The third-order valence-corrected chi connectivity index (χ3v) is 4.49. The van der Waals surface area contributed by atoms with Crippen molar-refractivity contribution in [2.24, 2.45) is 0 Å². The fourth-order valence-electron chi connectivity index (χ4n) is 3.25. The molecule has 0 aliphatic rings. The van der Waals surface area contributed by atoms with Gasteiger partial charge in [-0.25, -0.2) is 0 Å². The van der Waals surface area contributed by atoms with Crippen molar-refractivity contribution in [2.45, 2.75) is 12.7 Å². The number of hydrogen-bond donors (Lipinski definition) is 0. The zero-order chi connectivity index (χ0) is 18.1. The second-order valence-corrected chi connectivity index (χ2v) is 6.25. The summed E-state index contributed by atoms with van der Waals surface area (Å²) in [6.07, 6.45) is -2.41. The molecule has 1 heterocycles. The third-order valence-electron chi connectivity index (χ3n) is 4.49. The first kappa shape index (κ1) is 16.5. The first-order valence-electron chi connectivity index (χ1n) is 8.32. The summed E-state index contributed by atoms with van der Waals surface area (Å²) in [5.74, 6) is 0. The van der Waals surface area contributed by atoms with Crippen molar-refractivity contribution >= 4 is 10.9 Å². The van der Waals surface area contributed by atoms with Gasteiger partial charge < -0.3 is 4.57 Å². The molecule has 0 aliphatic heterocycles. The monoisotopic (exact) mass is 351 g/mol. The number of alkyl halides is 3. The number of nitrogens with zero attached hydrogens (tertiary/aromatic N) is 1. The van der Waals surface area contributed by atoms with Crippen LogP contribution in [0.25, 0.3) is 22.0 Å². The van der Waals surface area contributed by atoms with Gasteiger partial charge in [-0.05, 0) is 29.3 Å². The van der Waals surface area contributed by atoms with Crippen LogP contribution in [0.3, 0.4) is 0 Å². The van der Waals surface area contributed by atoms with E-state index in [0.29, 0.717) is 12.1 Å². The van der Waals surface area contributed by atoms with Crippen LogP contribution < -0.4 is 0 Å². The van der Waals surface area contributed by atoms with E-state index in [-0.39, 0.29) is 0 Å². The van der Waals surface area contributed by atoms with Crippen LogP contribution in [-0.4, -0.2) is 4.57 Å². The van der Waals surface area contributed by atoms with Crippen LogP contribution in [0.5, 0.6) is 0 Å². The lowest BCUT2D eigenvalue weighted by molar-refractivity contribution is -0.137. The number of aromatic nitrogens is 1. The minimum Gasteiger partial charge on any atom is -0.342 e. The molecule has 4 rings (SSSR count). The lowest BCUT2D eigenvalue weighted by Gasteiger charge is -2.08. The number of benzene rings is 3. The maximum atomic E-state index is 13.1. The summed E-state index contributed by atoms with van der Waals surface area (Å²) in [7, 11) is 0. The summed E-state index contributed by atoms with van der Waals surface area (Å²) in [5.41, 5.74) is 2.90. The predicted molar refractivity (Wildman–Crippen MR) is 97.9 cm³/mol. The molecule has 26 heavy (non-hydrogen) atoms. The summed E-state index contributed by atoms with van der Waals surface area (Å²) >= 11 is 0. The van der Waals surface area contributed by atoms with Gasteiger partial charge in [0.25, 0.3) is 0 Å². The van der Waals surface area contributed by atoms with Crippen LogP contribution in [0, 0.1) is 0 Å². The predicted octanol–water partition coefficient (Wildman–Crippen LogP) is 6.38. The quantitative estimate of drug-likeness (QED) is 0.404. The van der Waals surface area contributed by atoms with Crippen LogP contribution in [0.1, 0.15) is 11.1 Å². The highest BCUT2D eigenvalue weighted by atomic mass is 19.4. The van der Waals surface area contributed by atoms with Crippen LogP contribution in [0.15, 0.2) is 85.1 Å². The van der Waals surface area contributed by atoms with Crippen molar-refractivity contribution in [1.29, 1.82) is 0 Å².